The Hall–Kier alpha value is -9.86. The highest BCUT2D eigenvalue weighted by Gasteiger charge is 2.55. The fraction of sp³-hybridized carbons (Fsp3) is 0.231. The Morgan fingerprint density at radius 3 is 1.67 bits per heavy atom. The van der Waals surface area contributed by atoms with E-state index in [9.17, 15) is 18.4 Å². The molecular formula is C52H44F2N18O7. The number of para-hydroxylation sites is 2. The summed E-state index contributed by atoms with van der Waals surface area (Å²) in [5.41, 5.74) is 4.45. The van der Waals surface area contributed by atoms with E-state index in [0.29, 0.717) is 71.1 Å². The molecule has 10 aromatic heterocycles. The number of methoxy groups -OCH3 is 1. The zero-order valence-electron chi connectivity index (χ0n) is 42.2. The van der Waals surface area contributed by atoms with Gasteiger partial charge in [-0.1, -0.05) is 46.7 Å². The molecule has 12 aromatic rings. The number of aromatic amines is 4. The number of hydrogen-bond acceptors (Lipinski definition) is 19. The molecule has 0 fully saturated rings. The van der Waals surface area contributed by atoms with E-state index in [1.807, 2.05) is 48.5 Å². The molecule has 0 saturated heterocycles. The first-order valence-corrected chi connectivity index (χ1v) is 24.8. The van der Waals surface area contributed by atoms with Crippen molar-refractivity contribution in [1.29, 1.82) is 0 Å². The van der Waals surface area contributed by atoms with E-state index in [1.165, 1.54) is 31.0 Å². The number of hydrogen-bond donors (Lipinski definition) is 6. The SMILES string of the molecule is CCn1nc(C2(c3noc(C)n3)N[C@@H](c3ncc(-c4ccc(F)cn4)[nH]3)Cc3c2[nH]c2ccccc32)oc1=O.COCc1nc(C2(c3nn(C)c(=O)o3)N[C@@H](c3ncc(-c4ccc(F)cn4)[nH]3)Cc3c2[nH]c2ccccc32)no1. The quantitative estimate of drug-likeness (QED) is 0.0915. The predicted octanol–water partition coefficient (Wildman–Crippen LogP) is 5.62. The van der Waals surface area contributed by atoms with Gasteiger partial charge < -0.3 is 42.6 Å². The summed E-state index contributed by atoms with van der Waals surface area (Å²) in [5.74, 6) is 0.121. The molecular weight excluding hydrogens is 1030 g/mol. The third kappa shape index (κ3) is 8.16. The lowest BCUT2D eigenvalue weighted by Crippen LogP contribution is -2.52. The predicted molar refractivity (Wildman–Crippen MR) is 271 cm³/mol. The standard InChI is InChI=1S/C26H22FN9O4.C26H22FN9O3/c1-36-25(37)39-24(34-36)26(23-32-20(12-38-2)40-35-23)21-15(14-5-3-4-6-16(14)30-21)9-18(33-26)22-29-11-19(31-22)17-8-7-13(27)10-28-17;1-3-36-25(37)38-24(34-36)26(23-30-13(2)39-35-23)21-16(15-6-4-5-7-17(15)31-21)10-19(33-26)22-29-12-20(32-22)18-9-8-14(27)11-28-18/h3-8,10-11,18,30,33H,9,12H2,1-2H3,(H,29,31);4-9,11-12,19,31,33H,3,10H2,1-2H3,(H,29,32)/t18-,26?;19-,26?/m11/s1. The molecule has 398 valence electrons. The lowest BCUT2D eigenvalue weighted by molar-refractivity contribution is 0.151. The molecule has 2 aliphatic rings. The molecule has 0 spiro atoms. The van der Waals surface area contributed by atoms with E-state index in [2.05, 4.69) is 81.0 Å². The summed E-state index contributed by atoms with van der Waals surface area (Å²) >= 11 is 0. The molecule has 2 aliphatic heterocycles. The largest absolute Gasteiger partial charge is 0.437 e. The maximum atomic E-state index is 13.5. The van der Waals surface area contributed by atoms with Gasteiger partial charge in [0.05, 0.1) is 71.0 Å². The Balaban J connectivity index is 0.000000150. The monoisotopic (exact) mass is 1070 g/mol. The third-order valence-electron chi connectivity index (χ3n) is 14.0. The molecule has 0 saturated carbocycles. The fourth-order valence-electron chi connectivity index (χ4n) is 10.4. The molecule has 14 rings (SSSR count). The molecule has 0 amide bonds. The van der Waals surface area contributed by atoms with Gasteiger partial charge in [-0.25, -0.2) is 28.3 Å². The number of nitrogens with zero attached hydrogens (tertiary/aromatic N) is 12. The van der Waals surface area contributed by atoms with Crippen molar-refractivity contribution in [3.63, 3.8) is 0 Å². The maximum absolute atomic E-state index is 13.5. The minimum absolute atomic E-state index is 0.0225. The Labute approximate surface area is 441 Å². The van der Waals surface area contributed by atoms with Gasteiger partial charge >= 0.3 is 11.5 Å². The first kappa shape index (κ1) is 48.8. The van der Waals surface area contributed by atoms with E-state index >= 15 is 0 Å². The summed E-state index contributed by atoms with van der Waals surface area (Å²) < 4.78 is 56.8. The number of aromatic nitrogens is 16. The van der Waals surface area contributed by atoms with Crippen LogP contribution in [-0.2, 0) is 48.9 Å². The van der Waals surface area contributed by atoms with Crippen molar-refractivity contribution in [3.8, 4) is 22.8 Å². The third-order valence-corrected chi connectivity index (χ3v) is 14.0. The van der Waals surface area contributed by atoms with Crippen molar-refractivity contribution in [2.24, 2.45) is 7.05 Å². The molecule has 6 N–H and O–H groups in total. The Morgan fingerprint density at radius 2 is 1.19 bits per heavy atom. The van der Waals surface area contributed by atoms with Crippen LogP contribution in [0.25, 0.3) is 44.6 Å². The lowest BCUT2D eigenvalue weighted by atomic mass is 9.82. The van der Waals surface area contributed by atoms with Gasteiger partial charge in [-0.15, -0.1) is 10.2 Å². The van der Waals surface area contributed by atoms with Gasteiger partial charge in [-0.05, 0) is 67.3 Å². The zero-order chi connectivity index (χ0) is 54.2. The summed E-state index contributed by atoms with van der Waals surface area (Å²) in [7, 11) is 3.02. The topological polar surface area (TPSA) is 322 Å². The Bertz CT molecular complexity index is 4330. The molecule has 2 aromatic carbocycles. The first-order chi connectivity index (χ1) is 38.4. The Morgan fingerprint density at radius 1 is 0.658 bits per heavy atom. The van der Waals surface area contributed by atoms with E-state index in [0.717, 1.165) is 50.0 Å². The number of imidazole rings is 2. The van der Waals surface area contributed by atoms with Crippen LogP contribution in [0.5, 0.6) is 0 Å². The molecule has 4 atom stereocenters. The Kier molecular flexibility index (Phi) is 11.7. The van der Waals surface area contributed by atoms with Crippen LogP contribution in [0.4, 0.5) is 8.78 Å². The van der Waals surface area contributed by atoms with Gasteiger partial charge in [-0.2, -0.15) is 19.3 Å². The number of aryl methyl sites for hydroxylation is 3. The van der Waals surface area contributed by atoms with E-state index < -0.39 is 46.3 Å². The van der Waals surface area contributed by atoms with Crippen molar-refractivity contribution in [2.45, 2.75) is 63.0 Å². The zero-order valence-corrected chi connectivity index (χ0v) is 42.2. The van der Waals surface area contributed by atoms with Crippen LogP contribution in [0, 0.1) is 18.6 Å². The number of ether oxygens (including phenoxy) is 1. The van der Waals surface area contributed by atoms with Crippen molar-refractivity contribution in [1.82, 2.24) is 90.3 Å². The van der Waals surface area contributed by atoms with Gasteiger partial charge in [0.1, 0.15) is 29.9 Å². The van der Waals surface area contributed by atoms with Crippen LogP contribution < -0.4 is 22.1 Å². The highest BCUT2D eigenvalue weighted by Crippen LogP contribution is 2.47. The van der Waals surface area contributed by atoms with Gasteiger partial charge in [-0.3, -0.25) is 20.6 Å². The second-order valence-electron chi connectivity index (χ2n) is 18.8. The number of halogens is 2. The second-order valence-corrected chi connectivity index (χ2v) is 18.8. The van der Waals surface area contributed by atoms with Crippen molar-refractivity contribution in [2.75, 3.05) is 7.11 Å². The summed E-state index contributed by atoms with van der Waals surface area (Å²) in [6.45, 7) is 3.90. The lowest BCUT2D eigenvalue weighted by Gasteiger charge is -2.37. The second kappa shape index (κ2) is 19.0. The van der Waals surface area contributed by atoms with E-state index in [-0.39, 0.29) is 35.9 Å². The van der Waals surface area contributed by atoms with Gasteiger partial charge in [0.15, 0.2) is 0 Å². The van der Waals surface area contributed by atoms with E-state index in [1.54, 1.807) is 38.4 Å². The summed E-state index contributed by atoms with van der Waals surface area (Å²) in [6, 6.07) is 20.7. The number of benzene rings is 2. The van der Waals surface area contributed by atoms with Crippen LogP contribution in [0.2, 0.25) is 0 Å². The molecule has 79 heavy (non-hydrogen) atoms. The summed E-state index contributed by atoms with van der Waals surface area (Å²) in [4.78, 5) is 65.5. The molecule has 0 bridgehead atoms. The normalized spacial score (nSPS) is 18.9. The van der Waals surface area contributed by atoms with Gasteiger partial charge in [0.2, 0.25) is 28.6 Å². The molecule has 12 heterocycles. The molecule has 0 radical (unpaired) electrons. The smallest absolute Gasteiger partial charge is 0.389 e. The summed E-state index contributed by atoms with van der Waals surface area (Å²) in [5, 5.41) is 26.6. The molecule has 25 nitrogen and oxygen atoms in total. The number of rotatable bonds is 11. The van der Waals surface area contributed by atoms with Crippen LogP contribution >= 0.6 is 0 Å². The summed E-state index contributed by atoms with van der Waals surface area (Å²) in [6.07, 6.45) is 6.62. The maximum Gasteiger partial charge on any atom is 0.437 e. The minimum Gasteiger partial charge on any atom is -0.389 e. The number of H-pyrrole nitrogens is 4. The first-order valence-electron chi connectivity index (χ1n) is 24.8. The van der Waals surface area contributed by atoms with Crippen LogP contribution in [0.1, 0.15) is 88.4 Å². The van der Waals surface area contributed by atoms with Crippen LogP contribution in [-0.4, -0.2) is 86.8 Å². The fourth-order valence-corrected chi connectivity index (χ4v) is 10.4. The van der Waals surface area contributed by atoms with Crippen molar-refractivity contribution >= 4 is 21.8 Å². The number of fused-ring (bicyclic) bond motifs is 6. The van der Waals surface area contributed by atoms with Gasteiger partial charge in [0, 0.05) is 49.4 Å². The van der Waals surface area contributed by atoms with E-state index in [4.69, 9.17) is 22.6 Å². The molecule has 0 aliphatic carbocycles. The minimum atomic E-state index is -1.46. The van der Waals surface area contributed by atoms with Crippen LogP contribution in [0.3, 0.4) is 0 Å². The van der Waals surface area contributed by atoms with Gasteiger partial charge in [0.25, 0.3) is 17.7 Å². The van der Waals surface area contributed by atoms with Crippen LogP contribution in [0.15, 0.2) is 125 Å². The molecule has 27 heteroatoms. The highest BCUT2D eigenvalue weighted by molar-refractivity contribution is 5.87. The van der Waals surface area contributed by atoms with Crippen molar-refractivity contribution in [3.05, 3.63) is 200 Å². The van der Waals surface area contributed by atoms with Crippen molar-refractivity contribution < 1.29 is 31.4 Å². The highest BCUT2D eigenvalue weighted by atomic mass is 19.1. The average Bonchev–Trinajstić information content (AvgIpc) is 4.09. The number of nitrogens with one attached hydrogen (secondary N) is 6. The number of pyridine rings is 2. The molecule has 2 unspecified atom stereocenters. The average molecular weight is 1070 g/mol.